The van der Waals surface area contributed by atoms with Crippen LogP contribution in [0.25, 0.3) is 0 Å². The van der Waals surface area contributed by atoms with E-state index in [0.29, 0.717) is 6.54 Å². The van der Waals surface area contributed by atoms with Gasteiger partial charge in [-0.3, -0.25) is 4.79 Å². The third-order valence-corrected chi connectivity index (χ3v) is 4.11. The van der Waals surface area contributed by atoms with Gasteiger partial charge in [-0.25, -0.2) is 0 Å². The molecule has 19 heavy (non-hydrogen) atoms. The van der Waals surface area contributed by atoms with Crippen molar-refractivity contribution < 1.29 is 9.90 Å². The molecular formula is C14H19BrN2O2. The number of halogens is 1. The molecule has 2 rings (SSSR count). The number of amides is 1. The molecule has 1 unspecified atom stereocenters. The highest BCUT2D eigenvalue weighted by atomic mass is 79.9. The highest BCUT2D eigenvalue weighted by Crippen LogP contribution is 2.31. The fourth-order valence-corrected chi connectivity index (χ4v) is 2.83. The van der Waals surface area contributed by atoms with Crippen LogP contribution < -0.4 is 10.2 Å². The first-order valence-corrected chi connectivity index (χ1v) is 7.18. The Balaban J connectivity index is 2.45. The van der Waals surface area contributed by atoms with E-state index in [9.17, 15) is 9.90 Å². The van der Waals surface area contributed by atoms with Crippen molar-refractivity contribution in [2.75, 3.05) is 18.1 Å². The van der Waals surface area contributed by atoms with E-state index in [2.05, 4.69) is 35.1 Å². The number of aliphatic hydroxyl groups is 1. The van der Waals surface area contributed by atoms with Crippen LogP contribution in [-0.4, -0.2) is 35.7 Å². The summed E-state index contributed by atoms with van der Waals surface area (Å²) in [5, 5.41) is 12.5. The lowest BCUT2D eigenvalue weighted by Crippen LogP contribution is -2.54. The number of aliphatic hydroxyl groups excluding tert-OH is 1. The smallest absolute Gasteiger partial charge is 0.245 e. The molecule has 1 aromatic carbocycles. The van der Waals surface area contributed by atoms with Gasteiger partial charge >= 0.3 is 0 Å². The van der Waals surface area contributed by atoms with E-state index in [-0.39, 0.29) is 18.1 Å². The second kappa shape index (κ2) is 5.51. The van der Waals surface area contributed by atoms with Crippen molar-refractivity contribution in [2.24, 2.45) is 0 Å². The summed E-state index contributed by atoms with van der Waals surface area (Å²) in [6.45, 7) is 4.64. The molecule has 1 heterocycles. The number of carbonyl (C=O) groups excluding carboxylic acids is 1. The lowest BCUT2D eigenvalue weighted by molar-refractivity contribution is -0.122. The number of benzene rings is 1. The summed E-state index contributed by atoms with van der Waals surface area (Å²) >= 11 is 3.41. The van der Waals surface area contributed by atoms with Gasteiger partial charge in [0, 0.05) is 22.2 Å². The normalized spacial score (nSPS) is 22.8. The zero-order valence-corrected chi connectivity index (χ0v) is 12.8. The van der Waals surface area contributed by atoms with Gasteiger partial charge in [0.25, 0.3) is 0 Å². The fourth-order valence-electron chi connectivity index (χ4n) is 2.56. The zero-order chi connectivity index (χ0) is 14.0. The highest BCUT2D eigenvalue weighted by Gasteiger charge is 2.38. The summed E-state index contributed by atoms with van der Waals surface area (Å²) in [4.78, 5) is 14.1. The molecule has 1 atom stereocenters. The van der Waals surface area contributed by atoms with Gasteiger partial charge in [-0.05, 0) is 44.5 Å². The SMILES string of the molecule is CC1(C)CCNC(=O)C(CO)N1c1ccc(Br)cc1. The molecule has 0 spiro atoms. The first kappa shape index (κ1) is 14.3. The Bertz CT molecular complexity index is 459. The summed E-state index contributed by atoms with van der Waals surface area (Å²) in [5.74, 6) is -0.115. The van der Waals surface area contributed by atoms with E-state index in [1.165, 1.54) is 0 Å². The molecule has 4 nitrogen and oxygen atoms in total. The van der Waals surface area contributed by atoms with Crippen LogP contribution in [0.4, 0.5) is 5.69 Å². The molecule has 5 heteroatoms. The van der Waals surface area contributed by atoms with Crippen molar-refractivity contribution in [3.8, 4) is 0 Å². The topological polar surface area (TPSA) is 52.6 Å². The van der Waals surface area contributed by atoms with Crippen molar-refractivity contribution in [3.63, 3.8) is 0 Å². The predicted molar refractivity (Wildman–Crippen MR) is 79.2 cm³/mol. The van der Waals surface area contributed by atoms with Crippen LogP contribution in [0.15, 0.2) is 28.7 Å². The second-order valence-corrected chi connectivity index (χ2v) is 6.31. The van der Waals surface area contributed by atoms with Crippen molar-refractivity contribution >= 4 is 27.5 Å². The Morgan fingerprint density at radius 3 is 2.63 bits per heavy atom. The van der Waals surface area contributed by atoms with Crippen LogP contribution >= 0.6 is 15.9 Å². The maximum Gasteiger partial charge on any atom is 0.245 e. The maximum absolute atomic E-state index is 12.1. The van der Waals surface area contributed by atoms with Crippen LogP contribution in [0, 0.1) is 0 Å². The standard InChI is InChI=1S/C14H19BrN2O2/c1-14(2)7-8-16-13(19)12(9-18)17(14)11-5-3-10(15)4-6-11/h3-6,12,18H,7-9H2,1-2H3,(H,16,19). The quantitative estimate of drug-likeness (QED) is 0.873. The number of anilines is 1. The molecule has 0 aromatic heterocycles. The van der Waals surface area contributed by atoms with Gasteiger partial charge in [0.15, 0.2) is 0 Å². The average Bonchev–Trinajstić information content (AvgIpc) is 2.47. The lowest BCUT2D eigenvalue weighted by Gasteiger charge is -2.42. The van der Waals surface area contributed by atoms with Crippen molar-refractivity contribution in [2.45, 2.75) is 31.8 Å². The molecule has 1 aliphatic rings. The number of rotatable bonds is 2. The highest BCUT2D eigenvalue weighted by molar-refractivity contribution is 9.10. The van der Waals surface area contributed by atoms with Gasteiger partial charge in [0.1, 0.15) is 6.04 Å². The molecule has 0 aliphatic carbocycles. The van der Waals surface area contributed by atoms with Gasteiger partial charge in [0.05, 0.1) is 6.61 Å². The largest absolute Gasteiger partial charge is 0.394 e. The summed E-state index contributed by atoms with van der Waals surface area (Å²) in [7, 11) is 0. The number of nitrogens with zero attached hydrogens (tertiary/aromatic N) is 1. The molecule has 1 aromatic rings. The number of carbonyl (C=O) groups is 1. The third kappa shape index (κ3) is 2.92. The minimum absolute atomic E-state index is 0.115. The number of hydrogen-bond acceptors (Lipinski definition) is 3. The molecule has 0 radical (unpaired) electrons. The third-order valence-electron chi connectivity index (χ3n) is 3.58. The van der Waals surface area contributed by atoms with Crippen molar-refractivity contribution in [3.05, 3.63) is 28.7 Å². The average molecular weight is 327 g/mol. The monoisotopic (exact) mass is 326 g/mol. The van der Waals surface area contributed by atoms with Crippen LogP contribution in [0.1, 0.15) is 20.3 Å². The Labute approximate surface area is 121 Å². The van der Waals surface area contributed by atoms with Gasteiger partial charge < -0.3 is 15.3 Å². The Morgan fingerprint density at radius 1 is 1.42 bits per heavy atom. The minimum atomic E-state index is -0.543. The second-order valence-electron chi connectivity index (χ2n) is 5.40. The van der Waals surface area contributed by atoms with E-state index < -0.39 is 6.04 Å². The molecule has 1 fully saturated rings. The molecule has 1 saturated heterocycles. The van der Waals surface area contributed by atoms with E-state index in [4.69, 9.17) is 0 Å². The Kier molecular flexibility index (Phi) is 4.16. The summed E-state index contributed by atoms with van der Waals surface area (Å²) < 4.78 is 0.994. The molecular weight excluding hydrogens is 308 g/mol. The molecule has 0 bridgehead atoms. The number of nitrogens with one attached hydrogen (secondary N) is 1. The first-order chi connectivity index (χ1) is 8.95. The minimum Gasteiger partial charge on any atom is -0.394 e. The Hall–Kier alpha value is -1.07. The van der Waals surface area contributed by atoms with E-state index in [0.717, 1.165) is 16.6 Å². The molecule has 2 N–H and O–H groups in total. The van der Waals surface area contributed by atoms with Gasteiger partial charge in [-0.15, -0.1) is 0 Å². The van der Waals surface area contributed by atoms with Gasteiger partial charge in [-0.1, -0.05) is 15.9 Å². The summed E-state index contributed by atoms with van der Waals surface area (Å²) in [6, 6.07) is 7.28. The molecule has 1 amide bonds. The van der Waals surface area contributed by atoms with Crippen LogP contribution in [0.5, 0.6) is 0 Å². The molecule has 1 aliphatic heterocycles. The van der Waals surface area contributed by atoms with Crippen molar-refractivity contribution in [1.82, 2.24) is 5.32 Å². The van der Waals surface area contributed by atoms with E-state index in [1.807, 2.05) is 29.2 Å². The molecule has 0 saturated carbocycles. The first-order valence-electron chi connectivity index (χ1n) is 6.39. The van der Waals surface area contributed by atoms with Crippen molar-refractivity contribution in [1.29, 1.82) is 0 Å². The summed E-state index contributed by atoms with van der Waals surface area (Å²) in [6.07, 6.45) is 0.839. The zero-order valence-electron chi connectivity index (χ0n) is 11.2. The number of hydrogen-bond donors (Lipinski definition) is 2. The van der Waals surface area contributed by atoms with Crippen LogP contribution in [-0.2, 0) is 4.79 Å². The lowest BCUT2D eigenvalue weighted by atomic mass is 9.96. The van der Waals surface area contributed by atoms with Crippen LogP contribution in [0.3, 0.4) is 0 Å². The predicted octanol–water partition coefficient (Wildman–Crippen LogP) is 1.91. The van der Waals surface area contributed by atoms with Crippen LogP contribution in [0.2, 0.25) is 0 Å². The maximum atomic E-state index is 12.1. The van der Waals surface area contributed by atoms with E-state index >= 15 is 0 Å². The summed E-state index contributed by atoms with van der Waals surface area (Å²) in [5.41, 5.74) is 0.754. The molecule has 104 valence electrons. The van der Waals surface area contributed by atoms with E-state index in [1.54, 1.807) is 0 Å². The van der Waals surface area contributed by atoms with Gasteiger partial charge in [0.2, 0.25) is 5.91 Å². The van der Waals surface area contributed by atoms with Gasteiger partial charge in [-0.2, -0.15) is 0 Å². The Morgan fingerprint density at radius 2 is 2.05 bits per heavy atom. The fraction of sp³-hybridized carbons (Fsp3) is 0.500.